The molecule has 7 heteroatoms. The Hall–Kier alpha value is -2.70. The zero-order valence-corrected chi connectivity index (χ0v) is 19.7. The molecule has 33 heavy (non-hydrogen) atoms. The van der Waals surface area contributed by atoms with E-state index in [9.17, 15) is 0 Å². The molecule has 2 fully saturated rings. The minimum absolute atomic E-state index is 0.435. The maximum atomic E-state index is 6.02. The second-order valence-electron chi connectivity index (χ2n) is 9.10. The zero-order valence-electron chi connectivity index (χ0n) is 18.9. The first-order valence-corrected chi connectivity index (χ1v) is 12.4. The average Bonchev–Trinajstić information content (AvgIpc) is 3.35. The van der Waals surface area contributed by atoms with Crippen molar-refractivity contribution in [1.82, 2.24) is 19.9 Å². The maximum Gasteiger partial charge on any atom is 0.229 e. The van der Waals surface area contributed by atoms with Crippen LogP contribution in [0.15, 0.2) is 48.8 Å². The lowest BCUT2D eigenvalue weighted by atomic mass is 9.95. The van der Waals surface area contributed by atoms with Crippen molar-refractivity contribution in [3.8, 4) is 11.3 Å². The van der Waals surface area contributed by atoms with Crippen molar-refractivity contribution in [2.75, 3.05) is 23.7 Å². The molecule has 0 atom stereocenters. The van der Waals surface area contributed by atoms with Crippen molar-refractivity contribution in [2.24, 2.45) is 0 Å². The lowest BCUT2D eigenvalue weighted by Crippen LogP contribution is -2.23. The highest BCUT2D eigenvalue weighted by Gasteiger charge is 2.18. The summed E-state index contributed by atoms with van der Waals surface area (Å²) in [5, 5.41) is 7.69. The largest absolute Gasteiger partial charge is 0.367 e. The summed E-state index contributed by atoms with van der Waals surface area (Å²) < 4.78 is 0. The molecular formula is C26H31ClN6. The fraction of sp³-hybridized carbons (Fsp3) is 0.423. The lowest BCUT2D eigenvalue weighted by molar-refractivity contribution is 0.331. The zero-order chi connectivity index (χ0) is 22.5. The molecule has 3 aromatic rings. The molecule has 172 valence electrons. The van der Waals surface area contributed by atoms with Gasteiger partial charge in [0, 0.05) is 35.7 Å². The van der Waals surface area contributed by atoms with Gasteiger partial charge >= 0.3 is 0 Å². The van der Waals surface area contributed by atoms with Gasteiger partial charge in [0.05, 0.1) is 11.3 Å². The first-order valence-electron chi connectivity index (χ1n) is 12.1. The van der Waals surface area contributed by atoms with Crippen LogP contribution in [0.25, 0.3) is 11.3 Å². The SMILES string of the molecule is Clc1ccc(Nc2ncc(-c3ccc(CN4CCCC4)cn3)c(NC3CCCCC3)n2)cc1. The van der Waals surface area contributed by atoms with Crippen molar-refractivity contribution >= 4 is 29.1 Å². The molecule has 5 rings (SSSR count). The van der Waals surface area contributed by atoms with Crippen LogP contribution >= 0.6 is 11.6 Å². The van der Waals surface area contributed by atoms with Gasteiger partial charge in [-0.3, -0.25) is 9.88 Å². The monoisotopic (exact) mass is 462 g/mol. The third kappa shape index (κ3) is 5.81. The van der Waals surface area contributed by atoms with Crippen LogP contribution < -0.4 is 10.6 Å². The Labute approximate surface area is 200 Å². The van der Waals surface area contributed by atoms with Crippen molar-refractivity contribution in [3.05, 3.63) is 59.4 Å². The van der Waals surface area contributed by atoms with Crippen LogP contribution in [0.3, 0.4) is 0 Å². The predicted molar refractivity (Wildman–Crippen MR) is 135 cm³/mol. The number of hydrogen-bond donors (Lipinski definition) is 2. The molecule has 6 nitrogen and oxygen atoms in total. The van der Waals surface area contributed by atoms with Crippen LogP contribution in [-0.4, -0.2) is 39.0 Å². The van der Waals surface area contributed by atoms with Gasteiger partial charge in [0.15, 0.2) is 0 Å². The molecular weight excluding hydrogens is 432 g/mol. The fourth-order valence-corrected chi connectivity index (χ4v) is 4.84. The van der Waals surface area contributed by atoms with E-state index in [1.807, 2.05) is 36.7 Å². The normalized spacial score (nSPS) is 17.2. The van der Waals surface area contributed by atoms with Crippen LogP contribution in [0, 0.1) is 0 Å². The smallest absolute Gasteiger partial charge is 0.229 e. The van der Waals surface area contributed by atoms with Crippen LogP contribution in [0.2, 0.25) is 5.02 Å². The summed E-state index contributed by atoms with van der Waals surface area (Å²) in [6, 6.07) is 12.3. The Morgan fingerprint density at radius 1 is 0.879 bits per heavy atom. The second kappa shape index (κ2) is 10.5. The molecule has 1 saturated heterocycles. The minimum atomic E-state index is 0.435. The highest BCUT2D eigenvalue weighted by Crippen LogP contribution is 2.30. The molecule has 1 aromatic carbocycles. The molecule has 1 aliphatic heterocycles. The van der Waals surface area contributed by atoms with Crippen molar-refractivity contribution in [2.45, 2.75) is 57.5 Å². The quantitative estimate of drug-likeness (QED) is 0.431. The highest BCUT2D eigenvalue weighted by molar-refractivity contribution is 6.30. The lowest BCUT2D eigenvalue weighted by Gasteiger charge is -2.24. The van der Waals surface area contributed by atoms with E-state index in [-0.39, 0.29) is 0 Å². The number of likely N-dealkylation sites (tertiary alicyclic amines) is 1. The van der Waals surface area contributed by atoms with Gasteiger partial charge in [0.25, 0.3) is 0 Å². The molecule has 0 amide bonds. The number of nitrogens with one attached hydrogen (secondary N) is 2. The van der Waals surface area contributed by atoms with E-state index in [2.05, 4.69) is 32.7 Å². The summed E-state index contributed by atoms with van der Waals surface area (Å²) in [5.74, 6) is 1.40. The van der Waals surface area contributed by atoms with Gasteiger partial charge in [-0.25, -0.2) is 4.98 Å². The van der Waals surface area contributed by atoms with Gasteiger partial charge in [-0.15, -0.1) is 0 Å². The molecule has 2 N–H and O–H groups in total. The molecule has 0 bridgehead atoms. The van der Waals surface area contributed by atoms with E-state index >= 15 is 0 Å². The number of rotatable bonds is 7. The first-order chi connectivity index (χ1) is 16.2. The Morgan fingerprint density at radius 2 is 1.67 bits per heavy atom. The van der Waals surface area contributed by atoms with Crippen LogP contribution in [0.4, 0.5) is 17.5 Å². The highest BCUT2D eigenvalue weighted by atomic mass is 35.5. The summed E-state index contributed by atoms with van der Waals surface area (Å²) in [5.41, 5.74) is 4.00. The number of halogens is 1. The Kier molecular flexibility index (Phi) is 7.03. The predicted octanol–water partition coefficient (Wildman–Crippen LogP) is 6.28. The Bertz CT molecular complexity index is 1040. The summed E-state index contributed by atoms with van der Waals surface area (Å²) in [4.78, 5) is 16.7. The number of anilines is 3. The van der Waals surface area contributed by atoms with E-state index in [0.29, 0.717) is 17.0 Å². The van der Waals surface area contributed by atoms with Gasteiger partial charge in [0.2, 0.25) is 5.95 Å². The molecule has 0 spiro atoms. The number of pyridine rings is 1. The number of benzene rings is 1. The molecule has 3 heterocycles. The van der Waals surface area contributed by atoms with Crippen LogP contribution in [0.5, 0.6) is 0 Å². The van der Waals surface area contributed by atoms with Gasteiger partial charge in [-0.1, -0.05) is 36.9 Å². The van der Waals surface area contributed by atoms with E-state index in [1.54, 1.807) is 0 Å². The molecule has 0 unspecified atom stereocenters. The molecule has 2 aliphatic rings. The summed E-state index contributed by atoms with van der Waals surface area (Å²) in [6.07, 6.45) is 12.7. The van der Waals surface area contributed by atoms with Crippen LogP contribution in [0.1, 0.15) is 50.5 Å². The standard InChI is InChI=1S/C26H31ClN6/c27-20-9-11-22(12-10-20)31-26-29-17-23(25(32-26)30-21-6-2-1-3-7-21)24-13-8-19(16-28-24)18-33-14-4-5-15-33/h8-13,16-17,21H,1-7,14-15,18H2,(H2,29,30,31,32). The fourth-order valence-electron chi connectivity index (χ4n) is 4.72. The maximum absolute atomic E-state index is 6.02. The summed E-state index contributed by atoms with van der Waals surface area (Å²) in [6.45, 7) is 3.35. The second-order valence-corrected chi connectivity index (χ2v) is 9.54. The number of hydrogen-bond acceptors (Lipinski definition) is 6. The number of nitrogens with zero attached hydrogens (tertiary/aromatic N) is 4. The van der Waals surface area contributed by atoms with E-state index in [1.165, 1.54) is 63.6 Å². The minimum Gasteiger partial charge on any atom is -0.367 e. The van der Waals surface area contributed by atoms with Crippen LogP contribution in [-0.2, 0) is 6.54 Å². The first kappa shape index (κ1) is 22.1. The molecule has 0 radical (unpaired) electrons. The van der Waals surface area contributed by atoms with E-state index in [4.69, 9.17) is 21.6 Å². The van der Waals surface area contributed by atoms with E-state index < -0.39 is 0 Å². The average molecular weight is 463 g/mol. The third-order valence-electron chi connectivity index (χ3n) is 6.54. The van der Waals surface area contributed by atoms with Gasteiger partial charge in [0.1, 0.15) is 5.82 Å². The van der Waals surface area contributed by atoms with Crippen molar-refractivity contribution < 1.29 is 0 Å². The summed E-state index contributed by atoms with van der Waals surface area (Å²) >= 11 is 6.02. The number of aromatic nitrogens is 3. The van der Waals surface area contributed by atoms with Crippen molar-refractivity contribution in [3.63, 3.8) is 0 Å². The van der Waals surface area contributed by atoms with Crippen molar-refractivity contribution in [1.29, 1.82) is 0 Å². The van der Waals surface area contributed by atoms with Gasteiger partial charge < -0.3 is 10.6 Å². The molecule has 1 aliphatic carbocycles. The molecule has 1 saturated carbocycles. The van der Waals surface area contributed by atoms with Gasteiger partial charge in [-0.05, 0) is 74.7 Å². The topological polar surface area (TPSA) is 66.0 Å². The molecule has 2 aromatic heterocycles. The van der Waals surface area contributed by atoms with Gasteiger partial charge in [-0.2, -0.15) is 4.98 Å². The van der Waals surface area contributed by atoms with E-state index in [0.717, 1.165) is 29.3 Å². The Balaban J connectivity index is 1.38. The summed E-state index contributed by atoms with van der Waals surface area (Å²) in [7, 11) is 0. The third-order valence-corrected chi connectivity index (χ3v) is 6.79. The Morgan fingerprint density at radius 3 is 2.39 bits per heavy atom.